The van der Waals surface area contributed by atoms with Crippen molar-refractivity contribution in [1.29, 1.82) is 0 Å². The zero-order valence-corrected chi connectivity index (χ0v) is 4.63. The van der Waals surface area contributed by atoms with E-state index in [-0.39, 0.29) is 5.75 Å². The molecule has 0 bridgehead atoms. The van der Waals surface area contributed by atoms with Gasteiger partial charge in [-0.2, -0.15) is 0 Å². The molecule has 1 saturated heterocycles. The smallest absolute Gasteiger partial charge is 0.222 e. The Hall–Kier alpha value is -0.120. The van der Waals surface area contributed by atoms with Crippen molar-refractivity contribution in [3.8, 4) is 0 Å². The number of hydrogen-bond donors (Lipinski definition) is 0. The van der Waals surface area contributed by atoms with Crippen molar-refractivity contribution in [2.75, 3.05) is 5.75 Å². The lowest BCUT2D eigenvalue weighted by atomic mass is 10.5. The maximum atomic E-state index is 12.0. The van der Waals surface area contributed by atoms with Gasteiger partial charge in [0.2, 0.25) is 5.00 Å². The van der Waals surface area contributed by atoms with Crippen molar-refractivity contribution in [3.63, 3.8) is 0 Å². The summed E-state index contributed by atoms with van der Waals surface area (Å²) in [5, 5.41) is -1.88. The molecular formula is C3H5FO2S. The number of rotatable bonds is 0. The highest BCUT2D eigenvalue weighted by Gasteiger charge is 2.58. The Kier molecular flexibility index (Phi) is 0.606. The predicted octanol–water partition coefficient (Wildman–Crippen LogP) is 0.101. The number of halogens is 1. The van der Waals surface area contributed by atoms with Gasteiger partial charge in [-0.1, -0.05) is 0 Å². The summed E-state index contributed by atoms with van der Waals surface area (Å²) < 4.78 is 32.0. The van der Waals surface area contributed by atoms with Gasteiger partial charge in [-0.25, -0.2) is 12.8 Å². The topological polar surface area (TPSA) is 34.1 Å². The van der Waals surface area contributed by atoms with Crippen LogP contribution >= 0.6 is 0 Å². The summed E-state index contributed by atoms with van der Waals surface area (Å²) in [6, 6.07) is 0. The Morgan fingerprint density at radius 3 is 1.86 bits per heavy atom. The third kappa shape index (κ3) is 0.534. The molecule has 0 amide bonds. The van der Waals surface area contributed by atoms with E-state index in [0.29, 0.717) is 0 Å². The van der Waals surface area contributed by atoms with Crippen LogP contribution in [0.25, 0.3) is 0 Å². The molecule has 0 aliphatic carbocycles. The second-order valence-corrected chi connectivity index (χ2v) is 4.23. The van der Waals surface area contributed by atoms with Crippen LogP contribution < -0.4 is 0 Å². The van der Waals surface area contributed by atoms with Gasteiger partial charge < -0.3 is 0 Å². The Labute approximate surface area is 41.3 Å². The predicted molar refractivity (Wildman–Crippen MR) is 23.3 cm³/mol. The van der Waals surface area contributed by atoms with Crippen LogP contribution in [0.5, 0.6) is 0 Å². The SMILES string of the molecule is CC1(F)CS1(=O)=O. The third-order valence-electron chi connectivity index (χ3n) is 1.01. The molecule has 1 fully saturated rings. The minimum Gasteiger partial charge on any atom is -0.226 e. The summed E-state index contributed by atoms with van der Waals surface area (Å²) >= 11 is 0. The van der Waals surface area contributed by atoms with Crippen LogP contribution in [0, 0.1) is 0 Å². The van der Waals surface area contributed by atoms with Crippen molar-refractivity contribution in [1.82, 2.24) is 0 Å². The van der Waals surface area contributed by atoms with E-state index < -0.39 is 14.8 Å². The summed E-state index contributed by atoms with van der Waals surface area (Å²) in [5.74, 6) is -0.292. The van der Waals surface area contributed by atoms with Crippen LogP contribution in [0.3, 0.4) is 0 Å². The molecule has 1 heterocycles. The number of sulfone groups is 1. The summed E-state index contributed by atoms with van der Waals surface area (Å²) in [4.78, 5) is 0. The van der Waals surface area contributed by atoms with E-state index in [4.69, 9.17) is 0 Å². The highest BCUT2D eigenvalue weighted by Crippen LogP contribution is 2.36. The van der Waals surface area contributed by atoms with Gasteiger partial charge in [-0.15, -0.1) is 0 Å². The molecule has 1 aliphatic heterocycles. The minimum atomic E-state index is -3.26. The minimum absolute atomic E-state index is 0.292. The highest BCUT2D eigenvalue weighted by atomic mass is 32.2. The van der Waals surface area contributed by atoms with E-state index in [1.165, 1.54) is 0 Å². The van der Waals surface area contributed by atoms with Gasteiger partial charge in [0.25, 0.3) is 0 Å². The van der Waals surface area contributed by atoms with Crippen molar-refractivity contribution in [2.45, 2.75) is 11.9 Å². The van der Waals surface area contributed by atoms with E-state index >= 15 is 0 Å². The van der Waals surface area contributed by atoms with Crippen molar-refractivity contribution >= 4 is 9.84 Å². The van der Waals surface area contributed by atoms with Gasteiger partial charge in [0.05, 0.1) is 0 Å². The van der Waals surface area contributed by atoms with Gasteiger partial charge in [0, 0.05) is 0 Å². The molecule has 2 nitrogen and oxygen atoms in total. The van der Waals surface area contributed by atoms with E-state index in [9.17, 15) is 12.8 Å². The monoisotopic (exact) mass is 124 g/mol. The van der Waals surface area contributed by atoms with Gasteiger partial charge in [-0.05, 0) is 6.92 Å². The fraction of sp³-hybridized carbons (Fsp3) is 1.00. The molecule has 42 valence electrons. The highest BCUT2D eigenvalue weighted by molar-refractivity contribution is 7.99. The molecule has 0 aromatic carbocycles. The number of alkyl halides is 1. The molecule has 1 rings (SSSR count). The average Bonchev–Trinajstić information content (AvgIpc) is 1.63. The summed E-state index contributed by atoms with van der Waals surface area (Å²) in [6.45, 7) is 1.07. The van der Waals surface area contributed by atoms with Crippen molar-refractivity contribution in [2.24, 2.45) is 0 Å². The Balaban J connectivity index is 3.00. The normalized spacial score (nSPS) is 46.0. The number of hydrogen-bond acceptors (Lipinski definition) is 2. The Bertz CT molecular complexity index is 179. The Morgan fingerprint density at radius 2 is 1.86 bits per heavy atom. The largest absolute Gasteiger partial charge is 0.226 e. The molecule has 1 atom stereocenters. The van der Waals surface area contributed by atoms with E-state index in [1.807, 2.05) is 0 Å². The van der Waals surface area contributed by atoms with Crippen molar-refractivity contribution < 1.29 is 12.8 Å². The van der Waals surface area contributed by atoms with Crippen LogP contribution in [0.4, 0.5) is 4.39 Å². The molecular weight excluding hydrogens is 119 g/mol. The molecule has 0 aromatic rings. The second kappa shape index (κ2) is 0.844. The third-order valence-corrected chi connectivity index (χ3v) is 3.02. The second-order valence-electron chi connectivity index (χ2n) is 1.86. The van der Waals surface area contributed by atoms with Crippen LogP contribution in [-0.4, -0.2) is 19.2 Å². The lowest BCUT2D eigenvalue weighted by Crippen LogP contribution is -1.93. The van der Waals surface area contributed by atoms with Crippen LogP contribution in [-0.2, 0) is 9.84 Å². The van der Waals surface area contributed by atoms with Crippen LogP contribution in [0.2, 0.25) is 0 Å². The summed E-state index contributed by atoms with van der Waals surface area (Å²) in [7, 11) is -3.26. The fourth-order valence-corrected chi connectivity index (χ4v) is 1.22. The first kappa shape index (κ1) is 5.03. The van der Waals surface area contributed by atoms with E-state index in [1.54, 1.807) is 0 Å². The van der Waals surface area contributed by atoms with Crippen LogP contribution in [0.1, 0.15) is 6.92 Å². The quantitative estimate of drug-likeness (QED) is 0.429. The standard InChI is InChI=1S/C3H5FO2S/c1-3(4)2-7(3,5)6/h2H2,1H3. The van der Waals surface area contributed by atoms with Crippen LogP contribution in [0.15, 0.2) is 0 Å². The van der Waals surface area contributed by atoms with E-state index in [2.05, 4.69) is 0 Å². The van der Waals surface area contributed by atoms with E-state index in [0.717, 1.165) is 6.92 Å². The molecule has 1 unspecified atom stereocenters. The lowest BCUT2D eigenvalue weighted by Gasteiger charge is -1.79. The summed E-state index contributed by atoms with van der Waals surface area (Å²) in [5.41, 5.74) is 0. The molecule has 0 radical (unpaired) electrons. The molecule has 7 heavy (non-hydrogen) atoms. The fourth-order valence-electron chi connectivity index (χ4n) is 0.310. The average molecular weight is 124 g/mol. The Morgan fingerprint density at radius 1 is 1.71 bits per heavy atom. The first-order valence-corrected chi connectivity index (χ1v) is 3.52. The van der Waals surface area contributed by atoms with Gasteiger partial charge in [0.1, 0.15) is 5.75 Å². The van der Waals surface area contributed by atoms with Gasteiger partial charge in [0.15, 0.2) is 9.84 Å². The lowest BCUT2D eigenvalue weighted by molar-refractivity contribution is 0.381. The van der Waals surface area contributed by atoms with Gasteiger partial charge >= 0.3 is 0 Å². The molecule has 0 aromatic heterocycles. The molecule has 1 aliphatic rings. The first-order chi connectivity index (χ1) is 2.96. The van der Waals surface area contributed by atoms with Crippen molar-refractivity contribution in [3.05, 3.63) is 0 Å². The van der Waals surface area contributed by atoms with Gasteiger partial charge in [-0.3, -0.25) is 0 Å². The zero-order chi connectivity index (χ0) is 5.71. The molecule has 0 saturated carbocycles. The molecule has 0 spiro atoms. The maximum absolute atomic E-state index is 12.0. The molecule has 0 N–H and O–H groups in total. The molecule has 4 heteroatoms. The zero-order valence-electron chi connectivity index (χ0n) is 3.81. The summed E-state index contributed by atoms with van der Waals surface area (Å²) in [6.07, 6.45) is 0. The first-order valence-electron chi connectivity index (χ1n) is 1.87. The maximum Gasteiger partial charge on any atom is 0.222 e.